The average molecular weight is 230 g/mol. The number of hydrogen-bond acceptors (Lipinski definition) is 4. The number of anilines is 1. The van der Waals surface area contributed by atoms with Gasteiger partial charge in [0.25, 0.3) is 0 Å². The highest BCUT2D eigenvalue weighted by atomic mass is 15.0. The molecule has 0 saturated carbocycles. The second-order valence-corrected chi connectivity index (χ2v) is 4.50. The van der Waals surface area contributed by atoms with Crippen LogP contribution in [0.1, 0.15) is 20.3 Å². The Balaban J connectivity index is 2.24. The van der Waals surface area contributed by atoms with Gasteiger partial charge in [-0.25, -0.2) is 9.97 Å². The van der Waals surface area contributed by atoms with Crippen molar-refractivity contribution in [3.05, 3.63) is 30.6 Å². The van der Waals surface area contributed by atoms with Crippen LogP contribution in [-0.2, 0) is 0 Å². The van der Waals surface area contributed by atoms with Crippen molar-refractivity contribution < 1.29 is 0 Å². The topological polar surface area (TPSA) is 63.8 Å². The minimum absolute atomic E-state index is 0.186. The molecular weight excluding hydrogens is 212 g/mol. The van der Waals surface area contributed by atoms with Crippen LogP contribution >= 0.6 is 0 Å². The van der Waals surface area contributed by atoms with Crippen LogP contribution in [0.4, 0.5) is 5.82 Å². The Hall–Kier alpha value is -1.68. The maximum absolute atomic E-state index is 5.79. The van der Waals surface area contributed by atoms with Crippen molar-refractivity contribution in [3.8, 4) is 0 Å². The molecule has 0 aliphatic rings. The van der Waals surface area contributed by atoms with Gasteiger partial charge in [-0.1, -0.05) is 12.1 Å². The summed E-state index contributed by atoms with van der Waals surface area (Å²) in [6.45, 7) is 4.12. The fourth-order valence-electron chi connectivity index (χ4n) is 1.97. The fraction of sp³-hybridized carbons (Fsp3) is 0.385. The summed E-state index contributed by atoms with van der Waals surface area (Å²) < 4.78 is 0. The first-order valence-electron chi connectivity index (χ1n) is 5.88. The number of nitrogens with two attached hydrogens (primary N) is 1. The van der Waals surface area contributed by atoms with Gasteiger partial charge in [0, 0.05) is 17.5 Å². The monoisotopic (exact) mass is 230 g/mol. The molecule has 2 atom stereocenters. The van der Waals surface area contributed by atoms with Crippen molar-refractivity contribution in [2.75, 3.05) is 5.32 Å². The second-order valence-electron chi connectivity index (χ2n) is 4.50. The van der Waals surface area contributed by atoms with Crippen LogP contribution in [0.25, 0.3) is 10.9 Å². The normalized spacial score (nSPS) is 14.5. The highest BCUT2D eigenvalue weighted by Crippen LogP contribution is 2.19. The van der Waals surface area contributed by atoms with E-state index in [4.69, 9.17) is 5.73 Å². The van der Waals surface area contributed by atoms with E-state index in [-0.39, 0.29) is 6.04 Å². The van der Waals surface area contributed by atoms with Crippen LogP contribution in [0.2, 0.25) is 0 Å². The molecule has 1 aromatic carbocycles. The number of fused-ring (bicyclic) bond motifs is 1. The molecule has 4 heteroatoms. The molecule has 2 aromatic rings. The maximum Gasteiger partial charge on any atom is 0.137 e. The van der Waals surface area contributed by atoms with E-state index in [1.165, 1.54) is 0 Å². The predicted molar refractivity (Wildman–Crippen MR) is 70.9 cm³/mol. The van der Waals surface area contributed by atoms with E-state index >= 15 is 0 Å². The standard InChI is InChI=1S/C13H18N4/c1-9(14)7-10(2)17-13-11-5-3-4-6-12(11)15-8-16-13/h3-6,8-10H,7,14H2,1-2H3,(H,15,16,17). The molecule has 0 saturated heterocycles. The molecule has 2 rings (SSSR count). The largest absolute Gasteiger partial charge is 0.367 e. The molecule has 0 fully saturated rings. The summed E-state index contributed by atoms with van der Waals surface area (Å²) in [5, 5.41) is 4.43. The zero-order valence-electron chi connectivity index (χ0n) is 10.2. The van der Waals surface area contributed by atoms with Gasteiger partial charge in [-0.2, -0.15) is 0 Å². The minimum atomic E-state index is 0.186. The molecule has 0 aliphatic carbocycles. The number of nitrogens with zero attached hydrogens (tertiary/aromatic N) is 2. The zero-order valence-corrected chi connectivity index (χ0v) is 10.2. The van der Waals surface area contributed by atoms with Crippen LogP contribution in [0.5, 0.6) is 0 Å². The molecule has 1 aromatic heterocycles. The van der Waals surface area contributed by atoms with Gasteiger partial charge >= 0.3 is 0 Å². The van der Waals surface area contributed by atoms with E-state index in [1.807, 2.05) is 31.2 Å². The minimum Gasteiger partial charge on any atom is -0.367 e. The summed E-state index contributed by atoms with van der Waals surface area (Å²) in [6, 6.07) is 8.46. The molecule has 2 unspecified atom stereocenters. The summed E-state index contributed by atoms with van der Waals surface area (Å²) in [7, 11) is 0. The lowest BCUT2D eigenvalue weighted by atomic mass is 10.1. The maximum atomic E-state index is 5.79. The Morgan fingerprint density at radius 3 is 2.76 bits per heavy atom. The van der Waals surface area contributed by atoms with Crippen LogP contribution in [0.3, 0.4) is 0 Å². The van der Waals surface area contributed by atoms with Crippen molar-refractivity contribution in [3.63, 3.8) is 0 Å². The van der Waals surface area contributed by atoms with Gasteiger partial charge in [0.2, 0.25) is 0 Å². The molecule has 3 N–H and O–H groups in total. The van der Waals surface area contributed by atoms with Gasteiger partial charge in [-0.3, -0.25) is 0 Å². The van der Waals surface area contributed by atoms with Gasteiger partial charge in [0.05, 0.1) is 5.52 Å². The molecule has 0 aliphatic heterocycles. The average Bonchev–Trinajstić information content (AvgIpc) is 2.28. The Labute approximate surface area is 101 Å². The molecule has 17 heavy (non-hydrogen) atoms. The second kappa shape index (κ2) is 5.10. The van der Waals surface area contributed by atoms with E-state index in [2.05, 4.69) is 22.2 Å². The summed E-state index contributed by atoms with van der Waals surface area (Å²) >= 11 is 0. The quantitative estimate of drug-likeness (QED) is 0.845. The first kappa shape index (κ1) is 11.8. The number of aromatic nitrogens is 2. The number of hydrogen-bond donors (Lipinski definition) is 2. The van der Waals surface area contributed by atoms with E-state index in [0.717, 1.165) is 23.1 Å². The molecule has 4 nitrogen and oxygen atoms in total. The van der Waals surface area contributed by atoms with E-state index in [1.54, 1.807) is 6.33 Å². The van der Waals surface area contributed by atoms with Crippen LogP contribution in [0, 0.1) is 0 Å². The summed E-state index contributed by atoms with van der Waals surface area (Å²) in [5.74, 6) is 0.878. The molecule has 0 radical (unpaired) electrons. The van der Waals surface area contributed by atoms with Crippen LogP contribution in [-0.4, -0.2) is 22.1 Å². The molecule has 0 amide bonds. The molecule has 1 heterocycles. The smallest absolute Gasteiger partial charge is 0.137 e. The predicted octanol–water partition coefficient (Wildman–Crippen LogP) is 2.17. The molecule has 0 spiro atoms. The molecular formula is C13H18N4. The van der Waals surface area contributed by atoms with Crippen molar-refractivity contribution >= 4 is 16.7 Å². The lowest BCUT2D eigenvalue weighted by molar-refractivity contribution is 0.604. The Morgan fingerprint density at radius 2 is 2.00 bits per heavy atom. The highest BCUT2D eigenvalue weighted by molar-refractivity contribution is 5.88. The number of para-hydroxylation sites is 1. The lowest BCUT2D eigenvalue weighted by Gasteiger charge is -2.17. The van der Waals surface area contributed by atoms with E-state index < -0.39 is 0 Å². The third kappa shape index (κ3) is 2.91. The first-order chi connectivity index (χ1) is 8.16. The third-order valence-corrected chi connectivity index (χ3v) is 2.65. The fourth-order valence-corrected chi connectivity index (χ4v) is 1.97. The van der Waals surface area contributed by atoms with Crippen molar-refractivity contribution in [1.29, 1.82) is 0 Å². The Kier molecular flexibility index (Phi) is 3.54. The van der Waals surface area contributed by atoms with Gasteiger partial charge < -0.3 is 11.1 Å². The molecule has 0 bridgehead atoms. The van der Waals surface area contributed by atoms with Gasteiger partial charge in [0.1, 0.15) is 12.1 Å². The van der Waals surface area contributed by atoms with Crippen LogP contribution < -0.4 is 11.1 Å². The summed E-state index contributed by atoms with van der Waals surface area (Å²) in [5.41, 5.74) is 6.74. The third-order valence-electron chi connectivity index (χ3n) is 2.65. The summed E-state index contributed by atoms with van der Waals surface area (Å²) in [4.78, 5) is 8.53. The summed E-state index contributed by atoms with van der Waals surface area (Å²) in [6.07, 6.45) is 2.50. The Bertz CT molecular complexity index is 490. The van der Waals surface area contributed by atoms with Crippen LogP contribution in [0.15, 0.2) is 30.6 Å². The SMILES string of the molecule is CC(N)CC(C)Nc1ncnc2ccccc12. The van der Waals surface area contributed by atoms with E-state index in [0.29, 0.717) is 6.04 Å². The van der Waals surface area contributed by atoms with Crippen molar-refractivity contribution in [1.82, 2.24) is 9.97 Å². The van der Waals surface area contributed by atoms with Gasteiger partial charge in [0.15, 0.2) is 0 Å². The van der Waals surface area contributed by atoms with Crippen molar-refractivity contribution in [2.45, 2.75) is 32.4 Å². The van der Waals surface area contributed by atoms with E-state index in [9.17, 15) is 0 Å². The number of nitrogens with one attached hydrogen (secondary N) is 1. The van der Waals surface area contributed by atoms with Gasteiger partial charge in [-0.15, -0.1) is 0 Å². The Morgan fingerprint density at radius 1 is 1.24 bits per heavy atom. The molecule has 90 valence electrons. The highest BCUT2D eigenvalue weighted by Gasteiger charge is 2.08. The first-order valence-corrected chi connectivity index (χ1v) is 5.88. The van der Waals surface area contributed by atoms with Gasteiger partial charge in [-0.05, 0) is 32.4 Å². The lowest BCUT2D eigenvalue weighted by Crippen LogP contribution is -2.26. The zero-order chi connectivity index (χ0) is 12.3. The van der Waals surface area contributed by atoms with Crippen molar-refractivity contribution in [2.24, 2.45) is 5.73 Å². The number of benzene rings is 1. The number of rotatable bonds is 4.